The highest BCUT2D eigenvalue weighted by Gasteiger charge is 2.04. The Labute approximate surface area is 156 Å². The summed E-state index contributed by atoms with van der Waals surface area (Å²) in [5, 5.41) is 7.47. The molecular weight excluding hydrogens is 356 g/mol. The van der Waals surface area contributed by atoms with Crippen LogP contribution in [0.25, 0.3) is 10.1 Å². The number of hydrogen-bond donors (Lipinski definition) is 2. The Morgan fingerprint density at radius 3 is 2.68 bits per heavy atom. The number of ether oxygens (including phenoxy) is 1. The minimum absolute atomic E-state index is 0.245. The van der Waals surface area contributed by atoms with Crippen molar-refractivity contribution in [1.29, 1.82) is 0 Å². The van der Waals surface area contributed by atoms with Crippen molar-refractivity contribution in [2.75, 3.05) is 12.4 Å². The standard InChI is InChI=1S/C16H14ClNOS.C3H7NO/c1-19-15-6-5-11(9-13(15)17)10-18-14-3-2-4-16-12(14)7-8-20-16;1-2-3(4)5/h2-9,18H,10H2,1H3;2H2,1H3,(H2,4,5). The summed E-state index contributed by atoms with van der Waals surface area (Å²) in [6.07, 6.45) is 0.444. The molecule has 0 saturated heterocycles. The summed E-state index contributed by atoms with van der Waals surface area (Å²) in [5.41, 5.74) is 6.93. The van der Waals surface area contributed by atoms with E-state index in [-0.39, 0.29) is 5.91 Å². The number of nitrogens with two attached hydrogens (primary N) is 1. The molecule has 0 fully saturated rings. The molecule has 1 aromatic heterocycles. The lowest BCUT2D eigenvalue weighted by atomic mass is 10.2. The Morgan fingerprint density at radius 2 is 2.04 bits per heavy atom. The highest BCUT2D eigenvalue weighted by molar-refractivity contribution is 7.17. The second-order valence-corrected chi connectivity index (χ2v) is 6.64. The first-order chi connectivity index (χ1) is 12.0. The van der Waals surface area contributed by atoms with Gasteiger partial charge in [0.2, 0.25) is 5.91 Å². The van der Waals surface area contributed by atoms with Gasteiger partial charge in [0, 0.05) is 28.7 Å². The molecule has 0 atom stereocenters. The zero-order chi connectivity index (χ0) is 18.2. The Hall–Kier alpha value is -2.24. The zero-order valence-corrected chi connectivity index (χ0v) is 15.8. The van der Waals surface area contributed by atoms with Crippen LogP contribution in [0.2, 0.25) is 5.02 Å². The Kier molecular flexibility index (Phi) is 7.10. The van der Waals surface area contributed by atoms with E-state index < -0.39 is 0 Å². The third kappa shape index (κ3) is 5.37. The fourth-order valence-corrected chi connectivity index (χ4v) is 3.26. The molecule has 6 heteroatoms. The second kappa shape index (κ2) is 9.30. The maximum absolute atomic E-state index is 9.59. The molecule has 3 rings (SSSR count). The molecule has 25 heavy (non-hydrogen) atoms. The van der Waals surface area contributed by atoms with Gasteiger partial charge in [-0.2, -0.15) is 0 Å². The lowest BCUT2D eigenvalue weighted by molar-refractivity contribution is -0.117. The summed E-state index contributed by atoms with van der Waals surface area (Å²) in [4.78, 5) is 9.59. The van der Waals surface area contributed by atoms with Crippen LogP contribution in [0, 0.1) is 0 Å². The maximum Gasteiger partial charge on any atom is 0.217 e. The fourth-order valence-electron chi connectivity index (χ4n) is 2.17. The molecule has 3 N–H and O–H groups in total. The molecule has 0 bridgehead atoms. The molecule has 0 aliphatic heterocycles. The van der Waals surface area contributed by atoms with Crippen molar-refractivity contribution in [3.63, 3.8) is 0 Å². The summed E-state index contributed by atoms with van der Waals surface area (Å²) in [7, 11) is 1.62. The van der Waals surface area contributed by atoms with E-state index in [0.29, 0.717) is 17.2 Å². The Morgan fingerprint density at radius 1 is 1.28 bits per heavy atom. The first-order valence-electron chi connectivity index (χ1n) is 7.86. The van der Waals surface area contributed by atoms with Crippen molar-refractivity contribution >= 4 is 44.6 Å². The molecule has 0 saturated carbocycles. The molecule has 2 aromatic carbocycles. The molecule has 4 nitrogen and oxygen atoms in total. The normalized spacial score (nSPS) is 10.0. The molecule has 0 spiro atoms. The highest BCUT2D eigenvalue weighted by Crippen LogP contribution is 2.29. The van der Waals surface area contributed by atoms with Gasteiger partial charge < -0.3 is 15.8 Å². The SMILES string of the molecule is CCC(N)=O.COc1ccc(CNc2cccc3sccc23)cc1Cl. The number of anilines is 1. The quantitative estimate of drug-likeness (QED) is 0.654. The van der Waals surface area contributed by atoms with Crippen molar-refractivity contribution in [2.45, 2.75) is 19.9 Å². The number of carbonyl (C=O) groups excluding carboxylic acids is 1. The van der Waals surface area contributed by atoms with E-state index in [1.807, 2.05) is 18.2 Å². The number of fused-ring (bicyclic) bond motifs is 1. The molecule has 132 valence electrons. The van der Waals surface area contributed by atoms with Gasteiger partial charge in [-0.25, -0.2) is 0 Å². The van der Waals surface area contributed by atoms with E-state index in [1.165, 1.54) is 10.1 Å². The van der Waals surface area contributed by atoms with Crippen molar-refractivity contribution in [3.8, 4) is 5.75 Å². The topological polar surface area (TPSA) is 64.4 Å². The van der Waals surface area contributed by atoms with Gasteiger partial charge in [-0.1, -0.05) is 30.7 Å². The average Bonchev–Trinajstić information content (AvgIpc) is 3.10. The fraction of sp³-hybridized carbons (Fsp3) is 0.211. The van der Waals surface area contributed by atoms with Crippen molar-refractivity contribution in [1.82, 2.24) is 0 Å². The van der Waals surface area contributed by atoms with E-state index in [1.54, 1.807) is 25.4 Å². The van der Waals surface area contributed by atoms with Gasteiger partial charge >= 0.3 is 0 Å². The third-order valence-corrected chi connectivity index (χ3v) is 4.72. The van der Waals surface area contributed by atoms with E-state index in [4.69, 9.17) is 16.3 Å². The Balaban J connectivity index is 0.000000399. The van der Waals surface area contributed by atoms with Crippen molar-refractivity contribution in [3.05, 3.63) is 58.4 Å². The number of carbonyl (C=O) groups is 1. The maximum atomic E-state index is 9.59. The predicted molar refractivity (Wildman–Crippen MR) is 107 cm³/mol. The van der Waals surface area contributed by atoms with Gasteiger partial charge in [0.25, 0.3) is 0 Å². The number of methoxy groups -OCH3 is 1. The molecule has 3 aromatic rings. The summed E-state index contributed by atoms with van der Waals surface area (Å²) < 4.78 is 6.45. The molecule has 0 aliphatic carbocycles. The molecule has 0 unspecified atom stereocenters. The number of rotatable bonds is 5. The van der Waals surface area contributed by atoms with Gasteiger partial charge in [0.05, 0.1) is 12.1 Å². The van der Waals surface area contributed by atoms with Gasteiger partial charge in [-0.15, -0.1) is 11.3 Å². The van der Waals surface area contributed by atoms with Crippen LogP contribution in [-0.2, 0) is 11.3 Å². The van der Waals surface area contributed by atoms with E-state index in [2.05, 4.69) is 40.7 Å². The summed E-state index contributed by atoms with van der Waals surface area (Å²) in [6, 6.07) is 14.3. The van der Waals surface area contributed by atoms with Gasteiger partial charge in [-0.3, -0.25) is 4.79 Å². The van der Waals surface area contributed by atoms with Crippen LogP contribution in [0.3, 0.4) is 0 Å². The van der Waals surface area contributed by atoms with Crippen LogP contribution < -0.4 is 15.8 Å². The van der Waals surface area contributed by atoms with E-state index in [9.17, 15) is 4.79 Å². The number of halogens is 1. The summed E-state index contributed by atoms with van der Waals surface area (Å²) >= 11 is 7.89. The predicted octanol–water partition coefficient (Wildman–Crippen LogP) is 5.06. The molecule has 0 radical (unpaired) electrons. The van der Waals surface area contributed by atoms with Crippen LogP contribution in [0.5, 0.6) is 5.75 Å². The van der Waals surface area contributed by atoms with Crippen molar-refractivity contribution in [2.24, 2.45) is 5.73 Å². The van der Waals surface area contributed by atoms with Gasteiger partial charge in [-0.05, 0) is 41.3 Å². The van der Waals surface area contributed by atoms with Crippen molar-refractivity contribution < 1.29 is 9.53 Å². The molecular formula is C19H21ClN2O2S. The molecule has 1 amide bonds. The largest absolute Gasteiger partial charge is 0.495 e. The van der Waals surface area contributed by atoms with Crippen LogP contribution in [0.15, 0.2) is 47.8 Å². The number of amides is 1. The highest BCUT2D eigenvalue weighted by atomic mass is 35.5. The lowest BCUT2D eigenvalue weighted by Gasteiger charge is -2.09. The van der Waals surface area contributed by atoms with E-state index in [0.717, 1.165) is 17.8 Å². The second-order valence-electron chi connectivity index (χ2n) is 5.28. The molecule has 1 heterocycles. The number of nitrogens with one attached hydrogen (secondary N) is 1. The van der Waals surface area contributed by atoms with E-state index >= 15 is 0 Å². The monoisotopic (exact) mass is 376 g/mol. The first-order valence-corrected chi connectivity index (χ1v) is 9.11. The lowest BCUT2D eigenvalue weighted by Crippen LogP contribution is -2.06. The Bertz CT molecular complexity index is 848. The minimum Gasteiger partial charge on any atom is -0.495 e. The van der Waals surface area contributed by atoms with Crippen LogP contribution in [-0.4, -0.2) is 13.0 Å². The summed E-state index contributed by atoms with van der Waals surface area (Å²) in [6.45, 7) is 2.46. The van der Waals surface area contributed by atoms with Crippen LogP contribution >= 0.6 is 22.9 Å². The minimum atomic E-state index is -0.245. The average molecular weight is 377 g/mol. The smallest absolute Gasteiger partial charge is 0.217 e. The number of hydrogen-bond acceptors (Lipinski definition) is 4. The third-order valence-electron chi connectivity index (χ3n) is 3.54. The van der Waals surface area contributed by atoms with Crippen LogP contribution in [0.1, 0.15) is 18.9 Å². The molecule has 0 aliphatic rings. The number of thiophene rings is 1. The summed E-state index contributed by atoms with van der Waals surface area (Å²) in [5.74, 6) is 0.459. The van der Waals surface area contributed by atoms with Crippen LogP contribution in [0.4, 0.5) is 5.69 Å². The number of primary amides is 1. The van der Waals surface area contributed by atoms with Gasteiger partial charge in [0.15, 0.2) is 0 Å². The number of benzene rings is 2. The first kappa shape index (κ1) is 19.1. The zero-order valence-electron chi connectivity index (χ0n) is 14.2. The van der Waals surface area contributed by atoms with Gasteiger partial charge in [0.1, 0.15) is 5.75 Å².